The van der Waals surface area contributed by atoms with Crippen molar-refractivity contribution in [2.24, 2.45) is 0 Å². The standard InChI is InChI=1S/C11H13BrN2O2/c12-10-4-1-3-9(13-10)11(15)14-5-2-7-16-8-6-14/h1,3-4H,2,5-8H2. The second-order valence-electron chi connectivity index (χ2n) is 3.60. The molecular weight excluding hydrogens is 272 g/mol. The number of halogens is 1. The average molecular weight is 285 g/mol. The fourth-order valence-electron chi connectivity index (χ4n) is 1.64. The Hall–Kier alpha value is -0.940. The summed E-state index contributed by atoms with van der Waals surface area (Å²) >= 11 is 3.26. The minimum absolute atomic E-state index is 0.0215. The number of amides is 1. The Morgan fingerprint density at radius 3 is 3.06 bits per heavy atom. The van der Waals surface area contributed by atoms with Gasteiger partial charge in [-0.1, -0.05) is 6.07 Å². The average Bonchev–Trinajstić information content (AvgIpc) is 2.56. The van der Waals surface area contributed by atoms with Crippen molar-refractivity contribution in [1.82, 2.24) is 9.88 Å². The smallest absolute Gasteiger partial charge is 0.272 e. The Bertz CT molecular complexity index is 376. The fraction of sp³-hybridized carbons (Fsp3) is 0.455. The van der Waals surface area contributed by atoms with Crippen molar-refractivity contribution in [3.63, 3.8) is 0 Å². The highest BCUT2D eigenvalue weighted by molar-refractivity contribution is 9.10. The predicted octanol–water partition coefficient (Wildman–Crippen LogP) is 1.71. The predicted molar refractivity (Wildman–Crippen MR) is 63.3 cm³/mol. The van der Waals surface area contributed by atoms with Crippen LogP contribution >= 0.6 is 15.9 Å². The Kier molecular flexibility index (Phi) is 3.90. The van der Waals surface area contributed by atoms with Crippen LogP contribution in [0.2, 0.25) is 0 Å². The van der Waals surface area contributed by atoms with Crippen LogP contribution in [0.25, 0.3) is 0 Å². The number of nitrogens with zero attached hydrogens (tertiary/aromatic N) is 2. The van der Waals surface area contributed by atoms with Gasteiger partial charge in [0.05, 0.1) is 6.61 Å². The van der Waals surface area contributed by atoms with E-state index >= 15 is 0 Å². The number of rotatable bonds is 1. The fourth-order valence-corrected chi connectivity index (χ4v) is 1.98. The summed E-state index contributed by atoms with van der Waals surface area (Å²) in [7, 11) is 0. The van der Waals surface area contributed by atoms with Gasteiger partial charge in [0.25, 0.3) is 5.91 Å². The van der Waals surface area contributed by atoms with E-state index in [4.69, 9.17) is 4.74 Å². The number of carbonyl (C=O) groups is 1. The molecule has 1 aromatic heterocycles. The van der Waals surface area contributed by atoms with Crippen molar-refractivity contribution in [1.29, 1.82) is 0 Å². The third-order valence-corrected chi connectivity index (χ3v) is 2.89. The maximum atomic E-state index is 12.1. The molecule has 0 unspecified atom stereocenters. The van der Waals surface area contributed by atoms with Crippen LogP contribution in [0.5, 0.6) is 0 Å². The van der Waals surface area contributed by atoms with Crippen LogP contribution in [0.4, 0.5) is 0 Å². The van der Waals surface area contributed by atoms with E-state index in [2.05, 4.69) is 20.9 Å². The maximum absolute atomic E-state index is 12.1. The maximum Gasteiger partial charge on any atom is 0.272 e. The molecular formula is C11H13BrN2O2. The molecule has 0 bridgehead atoms. The Morgan fingerprint density at radius 1 is 1.38 bits per heavy atom. The quantitative estimate of drug-likeness (QED) is 0.738. The van der Waals surface area contributed by atoms with Crippen molar-refractivity contribution in [2.75, 3.05) is 26.3 Å². The van der Waals surface area contributed by atoms with Crippen molar-refractivity contribution >= 4 is 21.8 Å². The van der Waals surface area contributed by atoms with Gasteiger partial charge in [-0.3, -0.25) is 4.79 Å². The second kappa shape index (κ2) is 5.41. The minimum Gasteiger partial charge on any atom is -0.380 e. The number of pyridine rings is 1. The lowest BCUT2D eigenvalue weighted by molar-refractivity contribution is 0.0735. The SMILES string of the molecule is O=C(c1cccc(Br)n1)N1CCCOCC1. The van der Waals surface area contributed by atoms with Gasteiger partial charge in [-0.15, -0.1) is 0 Å². The summed E-state index contributed by atoms with van der Waals surface area (Å²) in [5, 5.41) is 0. The zero-order valence-corrected chi connectivity index (χ0v) is 10.4. The third kappa shape index (κ3) is 2.80. The van der Waals surface area contributed by atoms with Gasteiger partial charge in [0, 0.05) is 19.7 Å². The summed E-state index contributed by atoms with van der Waals surface area (Å²) in [5.74, 6) is -0.0215. The molecule has 1 fully saturated rings. The van der Waals surface area contributed by atoms with E-state index in [-0.39, 0.29) is 5.91 Å². The number of carbonyl (C=O) groups excluding carboxylic acids is 1. The molecule has 2 heterocycles. The monoisotopic (exact) mass is 284 g/mol. The van der Waals surface area contributed by atoms with Crippen LogP contribution in [0.15, 0.2) is 22.8 Å². The third-order valence-electron chi connectivity index (χ3n) is 2.44. The van der Waals surface area contributed by atoms with Crippen LogP contribution in [0, 0.1) is 0 Å². The van der Waals surface area contributed by atoms with Crippen molar-refractivity contribution in [3.8, 4) is 0 Å². The van der Waals surface area contributed by atoms with Gasteiger partial charge < -0.3 is 9.64 Å². The zero-order chi connectivity index (χ0) is 11.4. The molecule has 16 heavy (non-hydrogen) atoms. The minimum atomic E-state index is -0.0215. The molecule has 1 amide bonds. The summed E-state index contributed by atoms with van der Waals surface area (Å²) in [6, 6.07) is 5.36. The van der Waals surface area contributed by atoms with Crippen LogP contribution < -0.4 is 0 Å². The van der Waals surface area contributed by atoms with E-state index in [0.29, 0.717) is 23.4 Å². The molecule has 86 valence electrons. The Balaban J connectivity index is 2.11. The van der Waals surface area contributed by atoms with Crippen LogP contribution in [0.3, 0.4) is 0 Å². The van der Waals surface area contributed by atoms with Crippen molar-refractivity contribution in [2.45, 2.75) is 6.42 Å². The molecule has 0 saturated carbocycles. The van der Waals surface area contributed by atoms with Gasteiger partial charge in [-0.05, 0) is 34.5 Å². The summed E-state index contributed by atoms with van der Waals surface area (Å²) in [6.45, 7) is 2.73. The molecule has 1 aliphatic heterocycles. The number of ether oxygens (including phenoxy) is 1. The molecule has 0 radical (unpaired) electrons. The van der Waals surface area contributed by atoms with E-state index in [0.717, 1.165) is 19.6 Å². The van der Waals surface area contributed by atoms with Crippen LogP contribution in [0.1, 0.15) is 16.9 Å². The van der Waals surface area contributed by atoms with Gasteiger partial charge in [0.15, 0.2) is 0 Å². The number of hydrogen-bond donors (Lipinski definition) is 0. The summed E-state index contributed by atoms with van der Waals surface area (Å²) in [4.78, 5) is 18.0. The summed E-state index contributed by atoms with van der Waals surface area (Å²) in [5.41, 5.74) is 0.483. The van der Waals surface area contributed by atoms with Crippen LogP contribution in [-0.2, 0) is 4.74 Å². The highest BCUT2D eigenvalue weighted by Crippen LogP contribution is 2.10. The largest absolute Gasteiger partial charge is 0.380 e. The first-order valence-corrected chi connectivity index (χ1v) is 6.06. The van der Waals surface area contributed by atoms with E-state index in [9.17, 15) is 4.79 Å². The lowest BCUT2D eigenvalue weighted by Crippen LogP contribution is -2.33. The number of aromatic nitrogens is 1. The highest BCUT2D eigenvalue weighted by Gasteiger charge is 2.18. The van der Waals surface area contributed by atoms with E-state index in [1.807, 2.05) is 12.1 Å². The van der Waals surface area contributed by atoms with E-state index in [1.165, 1.54) is 0 Å². The first-order valence-electron chi connectivity index (χ1n) is 5.27. The summed E-state index contributed by atoms with van der Waals surface area (Å²) in [6.07, 6.45) is 0.889. The van der Waals surface area contributed by atoms with E-state index in [1.54, 1.807) is 11.0 Å². The van der Waals surface area contributed by atoms with Gasteiger partial charge in [-0.25, -0.2) is 4.98 Å². The first-order chi connectivity index (χ1) is 7.77. The molecule has 0 spiro atoms. The zero-order valence-electron chi connectivity index (χ0n) is 8.86. The molecule has 0 atom stereocenters. The molecule has 5 heteroatoms. The first kappa shape index (κ1) is 11.5. The van der Waals surface area contributed by atoms with Crippen molar-refractivity contribution in [3.05, 3.63) is 28.5 Å². The molecule has 1 aromatic rings. The lowest BCUT2D eigenvalue weighted by atomic mass is 10.3. The topological polar surface area (TPSA) is 42.4 Å². The highest BCUT2D eigenvalue weighted by atomic mass is 79.9. The van der Waals surface area contributed by atoms with Crippen molar-refractivity contribution < 1.29 is 9.53 Å². The Morgan fingerprint density at radius 2 is 2.25 bits per heavy atom. The van der Waals surface area contributed by atoms with E-state index < -0.39 is 0 Å². The van der Waals surface area contributed by atoms with Gasteiger partial charge in [0.1, 0.15) is 10.3 Å². The molecule has 0 aromatic carbocycles. The second-order valence-corrected chi connectivity index (χ2v) is 4.42. The molecule has 4 nitrogen and oxygen atoms in total. The lowest BCUT2D eigenvalue weighted by Gasteiger charge is -2.18. The van der Waals surface area contributed by atoms with Gasteiger partial charge in [-0.2, -0.15) is 0 Å². The molecule has 2 rings (SSSR count). The molecule has 0 aliphatic carbocycles. The molecule has 0 N–H and O–H groups in total. The number of hydrogen-bond acceptors (Lipinski definition) is 3. The Labute approximate surface area is 103 Å². The van der Waals surface area contributed by atoms with Gasteiger partial charge in [0.2, 0.25) is 0 Å². The molecule has 1 saturated heterocycles. The normalized spacial score (nSPS) is 16.9. The summed E-state index contributed by atoms with van der Waals surface area (Å²) < 4.78 is 6.00. The van der Waals surface area contributed by atoms with Crippen LogP contribution in [-0.4, -0.2) is 42.1 Å². The molecule has 1 aliphatic rings. The van der Waals surface area contributed by atoms with Gasteiger partial charge >= 0.3 is 0 Å².